The van der Waals surface area contributed by atoms with Crippen LogP contribution in [0.1, 0.15) is 16.7 Å². The molecule has 0 aliphatic heterocycles. The third-order valence-corrected chi connectivity index (χ3v) is 4.56. The molecule has 0 saturated carbocycles. The van der Waals surface area contributed by atoms with Crippen molar-refractivity contribution in [3.8, 4) is 0 Å². The first kappa shape index (κ1) is 23.4. The van der Waals surface area contributed by atoms with Crippen LogP contribution in [-0.4, -0.2) is 6.21 Å². The zero-order valence-corrected chi connectivity index (χ0v) is 16.9. The van der Waals surface area contributed by atoms with Gasteiger partial charge in [0.1, 0.15) is 0 Å². The van der Waals surface area contributed by atoms with E-state index in [1.54, 1.807) is 30.3 Å². The van der Waals surface area contributed by atoms with Gasteiger partial charge in [-0.05, 0) is 72.3 Å². The highest BCUT2D eigenvalue weighted by atomic mass is 35.5. The van der Waals surface area contributed by atoms with Gasteiger partial charge in [0.2, 0.25) is 0 Å². The molecule has 0 aromatic heterocycles. The molecule has 0 amide bonds. The number of anilines is 1. The number of nitrogens with zero attached hydrogens (tertiary/aromatic N) is 1. The average Bonchev–Trinajstić information content (AvgIpc) is 2.73. The van der Waals surface area contributed by atoms with Gasteiger partial charge in [-0.1, -0.05) is 23.7 Å². The van der Waals surface area contributed by atoms with E-state index in [9.17, 15) is 26.3 Å². The summed E-state index contributed by atoms with van der Waals surface area (Å²) in [5.41, 5.74) is 0.327. The SMILES string of the molecule is FC(F)(F)c1ccc(N=CC=C(Nc2ccc(C(F)(F)F)cc2)c2ccc(Cl)cc2)cc1. The van der Waals surface area contributed by atoms with Crippen molar-refractivity contribution >= 4 is 34.9 Å². The highest BCUT2D eigenvalue weighted by Gasteiger charge is 2.30. The van der Waals surface area contributed by atoms with Crippen LogP contribution in [0.2, 0.25) is 5.02 Å². The maximum Gasteiger partial charge on any atom is 0.416 e. The number of allylic oxidation sites excluding steroid dienone is 1. The quantitative estimate of drug-likeness (QED) is 0.296. The maximum atomic E-state index is 12.8. The standard InChI is InChI=1S/C23H15ClF6N2/c24-18-7-1-15(2-8-18)21(32-20-11-5-17(6-12-20)23(28,29)30)13-14-31-19-9-3-16(4-10-19)22(25,26)27/h1-14,32H. The van der Waals surface area contributed by atoms with Crippen LogP contribution in [0.3, 0.4) is 0 Å². The Labute approximate surface area is 184 Å². The molecule has 2 nitrogen and oxygen atoms in total. The Kier molecular flexibility index (Phi) is 6.93. The number of hydrogen-bond acceptors (Lipinski definition) is 2. The minimum atomic E-state index is -4.44. The first-order valence-corrected chi connectivity index (χ1v) is 9.52. The average molecular weight is 469 g/mol. The molecule has 0 aliphatic carbocycles. The molecular formula is C23H15ClF6N2. The van der Waals surface area contributed by atoms with E-state index in [-0.39, 0.29) is 0 Å². The number of hydrogen-bond donors (Lipinski definition) is 1. The van der Waals surface area contributed by atoms with E-state index in [2.05, 4.69) is 10.3 Å². The van der Waals surface area contributed by atoms with Crippen LogP contribution in [0.5, 0.6) is 0 Å². The van der Waals surface area contributed by atoms with Crippen molar-refractivity contribution in [1.82, 2.24) is 0 Å². The van der Waals surface area contributed by atoms with Crippen molar-refractivity contribution in [1.29, 1.82) is 0 Å². The number of rotatable bonds is 5. The van der Waals surface area contributed by atoms with Crippen LogP contribution in [0.15, 0.2) is 83.9 Å². The van der Waals surface area contributed by atoms with E-state index in [0.29, 0.717) is 27.7 Å². The molecule has 3 rings (SSSR count). The minimum absolute atomic E-state index is 0.305. The second kappa shape index (κ2) is 9.48. The molecule has 0 heterocycles. The van der Waals surface area contributed by atoms with Gasteiger partial charge in [0.05, 0.1) is 16.8 Å². The van der Waals surface area contributed by atoms with Gasteiger partial charge in [0.15, 0.2) is 0 Å². The molecule has 0 atom stereocenters. The number of nitrogens with one attached hydrogen (secondary N) is 1. The summed E-state index contributed by atoms with van der Waals surface area (Å²) in [5, 5.41) is 3.52. The van der Waals surface area contributed by atoms with Crippen LogP contribution < -0.4 is 5.32 Å². The molecule has 3 aromatic rings. The Balaban J connectivity index is 1.85. The highest BCUT2D eigenvalue weighted by Crippen LogP contribution is 2.31. The van der Waals surface area contributed by atoms with Crippen LogP contribution >= 0.6 is 11.6 Å². The third kappa shape index (κ3) is 6.37. The van der Waals surface area contributed by atoms with E-state index in [1.807, 2.05) is 0 Å². The Bertz CT molecular complexity index is 1100. The van der Waals surface area contributed by atoms with E-state index >= 15 is 0 Å². The summed E-state index contributed by atoms with van der Waals surface area (Å²) in [6.07, 6.45) is -5.95. The van der Waals surface area contributed by atoms with Crippen LogP contribution in [0, 0.1) is 0 Å². The molecule has 0 saturated heterocycles. The number of halogens is 7. The first-order valence-electron chi connectivity index (χ1n) is 9.14. The summed E-state index contributed by atoms with van der Waals surface area (Å²) < 4.78 is 76.3. The minimum Gasteiger partial charge on any atom is -0.355 e. The predicted molar refractivity (Wildman–Crippen MR) is 114 cm³/mol. The van der Waals surface area contributed by atoms with Gasteiger partial charge in [-0.3, -0.25) is 4.99 Å². The largest absolute Gasteiger partial charge is 0.416 e. The van der Waals surface area contributed by atoms with Gasteiger partial charge < -0.3 is 5.32 Å². The Hall–Kier alpha value is -3.26. The van der Waals surface area contributed by atoms with Crippen molar-refractivity contribution in [3.63, 3.8) is 0 Å². The molecular weight excluding hydrogens is 454 g/mol. The van der Waals surface area contributed by atoms with Gasteiger partial charge in [-0.15, -0.1) is 0 Å². The molecule has 0 spiro atoms. The molecule has 3 aromatic carbocycles. The molecule has 0 radical (unpaired) electrons. The summed E-state index contributed by atoms with van der Waals surface area (Å²) in [6.45, 7) is 0. The van der Waals surface area contributed by atoms with Gasteiger partial charge >= 0.3 is 12.4 Å². The van der Waals surface area contributed by atoms with Crippen molar-refractivity contribution in [2.24, 2.45) is 4.99 Å². The normalized spacial score (nSPS) is 12.9. The summed E-state index contributed by atoms with van der Waals surface area (Å²) in [4.78, 5) is 4.12. The zero-order valence-electron chi connectivity index (χ0n) is 16.2. The fourth-order valence-electron chi connectivity index (χ4n) is 2.67. The number of alkyl halides is 6. The number of aliphatic imine (C=N–C) groups is 1. The summed E-state index contributed by atoms with van der Waals surface area (Å²) in [6, 6.07) is 15.5. The lowest BCUT2D eigenvalue weighted by Crippen LogP contribution is -2.05. The Morgan fingerprint density at radius 2 is 1.22 bits per heavy atom. The number of benzene rings is 3. The second-order valence-corrected chi connectivity index (χ2v) is 7.05. The Morgan fingerprint density at radius 3 is 1.72 bits per heavy atom. The lowest BCUT2D eigenvalue weighted by atomic mass is 10.1. The first-order chi connectivity index (χ1) is 15.0. The molecule has 0 fully saturated rings. The maximum absolute atomic E-state index is 12.8. The molecule has 0 bridgehead atoms. The van der Waals surface area contributed by atoms with Crippen molar-refractivity contribution in [3.05, 3.63) is 101 Å². The molecule has 9 heteroatoms. The van der Waals surface area contributed by atoms with Crippen molar-refractivity contribution in [2.75, 3.05) is 5.32 Å². The summed E-state index contributed by atoms with van der Waals surface area (Å²) in [5.74, 6) is 0. The van der Waals surface area contributed by atoms with Crippen LogP contribution in [0.25, 0.3) is 5.70 Å². The topological polar surface area (TPSA) is 24.4 Å². The fraction of sp³-hybridized carbons (Fsp3) is 0.0870. The van der Waals surface area contributed by atoms with Gasteiger partial charge in [0.25, 0.3) is 0 Å². The predicted octanol–water partition coefficient (Wildman–Crippen LogP) is 8.23. The molecule has 0 unspecified atom stereocenters. The monoisotopic (exact) mass is 468 g/mol. The Morgan fingerprint density at radius 1 is 0.719 bits per heavy atom. The van der Waals surface area contributed by atoms with Crippen molar-refractivity contribution in [2.45, 2.75) is 12.4 Å². The third-order valence-electron chi connectivity index (χ3n) is 4.31. The van der Waals surface area contributed by atoms with E-state index in [0.717, 1.165) is 24.3 Å². The van der Waals surface area contributed by atoms with Crippen LogP contribution in [0.4, 0.5) is 37.7 Å². The van der Waals surface area contributed by atoms with E-state index < -0.39 is 23.5 Å². The summed E-state index contributed by atoms with van der Waals surface area (Å²) in [7, 11) is 0. The lowest BCUT2D eigenvalue weighted by molar-refractivity contribution is -0.138. The fourth-order valence-corrected chi connectivity index (χ4v) is 2.80. The second-order valence-electron chi connectivity index (χ2n) is 6.61. The lowest BCUT2D eigenvalue weighted by Gasteiger charge is -2.13. The smallest absolute Gasteiger partial charge is 0.355 e. The van der Waals surface area contributed by atoms with Gasteiger partial charge in [-0.25, -0.2) is 0 Å². The van der Waals surface area contributed by atoms with Crippen molar-refractivity contribution < 1.29 is 26.3 Å². The highest BCUT2D eigenvalue weighted by molar-refractivity contribution is 6.30. The van der Waals surface area contributed by atoms with Crippen LogP contribution in [-0.2, 0) is 12.4 Å². The van der Waals surface area contributed by atoms with E-state index in [1.165, 1.54) is 30.5 Å². The van der Waals surface area contributed by atoms with E-state index in [4.69, 9.17) is 11.6 Å². The molecule has 0 aliphatic rings. The zero-order chi connectivity index (χ0) is 23.4. The molecule has 32 heavy (non-hydrogen) atoms. The van der Waals surface area contributed by atoms with Gasteiger partial charge in [-0.2, -0.15) is 26.3 Å². The molecule has 1 N–H and O–H groups in total. The molecule has 166 valence electrons. The van der Waals surface area contributed by atoms with Gasteiger partial charge in [0, 0.05) is 22.6 Å². The summed E-state index contributed by atoms with van der Waals surface area (Å²) >= 11 is 5.91.